The highest BCUT2D eigenvalue weighted by Gasteiger charge is 2.30. The molecule has 1 aliphatic rings. The average molecular weight is 265 g/mol. The second kappa shape index (κ2) is 5.82. The molecule has 4 nitrogen and oxygen atoms in total. The summed E-state index contributed by atoms with van der Waals surface area (Å²) in [7, 11) is 0. The van der Waals surface area contributed by atoms with Gasteiger partial charge in [-0.1, -0.05) is 12.1 Å². The minimum atomic E-state index is -0.838. The summed E-state index contributed by atoms with van der Waals surface area (Å²) in [5, 5.41) is 11.5. The van der Waals surface area contributed by atoms with E-state index in [0.717, 1.165) is 5.56 Å². The van der Waals surface area contributed by atoms with Gasteiger partial charge in [-0.05, 0) is 36.0 Å². The number of amides is 1. The van der Waals surface area contributed by atoms with Crippen LogP contribution in [0.3, 0.4) is 0 Å². The molecule has 0 aliphatic carbocycles. The van der Waals surface area contributed by atoms with Crippen LogP contribution in [0.5, 0.6) is 0 Å². The maximum absolute atomic E-state index is 12.9. The monoisotopic (exact) mass is 265 g/mol. The molecule has 1 aromatic rings. The van der Waals surface area contributed by atoms with Gasteiger partial charge in [0.2, 0.25) is 5.91 Å². The molecule has 1 aliphatic heterocycles. The predicted octanol–water partition coefficient (Wildman–Crippen LogP) is 1.91. The van der Waals surface area contributed by atoms with Crippen molar-refractivity contribution in [3.8, 4) is 0 Å². The lowest BCUT2D eigenvalue weighted by atomic mass is 9.78. The average Bonchev–Trinajstić information content (AvgIpc) is 2.38. The van der Waals surface area contributed by atoms with E-state index < -0.39 is 5.97 Å². The normalized spacial score (nSPS) is 22.9. The highest BCUT2D eigenvalue weighted by molar-refractivity contribution is 5.78. The minimum absolute atomic E-state index is 0.0336. The van der Waals surface area contributed by atoms with Crippen LogP contribution >= 0.6 is 0 Å². The highest BCUT2D eigenvalue weighted by Crippen LogP contribution is 2.33. The van der Waals surface area contributed by atoms with Crippen molar-refractivity contribution >= 4 is 11.9 Å². The van der Waals surface area contributed by atoms with Gasteiger partial charge >= 0.3 is 5.97 Å². The van der Waals surface area contributed by atoms with E-state index in [9.17, 15) is 14.0 Å². The maximum atomic E-state index is 12.9. The first kappa shape index (κ1) is 13.5. The van der Waals surface area contributed by atoms with Crippen molar-refractivity contribution in [1.29, 1.82) is 0 Å². The molecule has 1 saturated heterocycles. The Hall–Kier alpha value is -1.91. The van der Waals surface area contributed by atoms with Crippen LogP contribution in [0.2, 0.25) is 0 Å². The van der Waals surface area contributed by atoms with E-state index in [-0.39, 0.29) is 30.0 Å². The van der Waals surface area contributed by atoms with Crippen LogP contribution in [-0.4, -0.2) is 23.5 Å². The Morgan fingerprint density at radius 1 is 1.37 bits per heavy atom. The molecule has 0 aromatic heterocycles. The summed E-state index contributed by atoms with van der Waals surface area (Å²) in [5.74, 6) is -1.14. The number of carboxylic acids is 1. The molecule has 0 radical (unpaired) electrons. The molecule has 2 rings (SSSR count). The molecule has 1 aromatic carbocycles. The van der Waals surface area contributed by atoms with E-state index in [0.29, 0.717) is 19.4 Å². The molecule has 0 bridgehead atoms. The van der Waals surface area contributed by atoms with Crippen molar-refractivity contribution in [2.75, 3.05) is 6.54 Å². The van der Waals surface area contributed by atoms with Crippen LogP contribution < -0.4 is 5.32 Å². The van der Waals surface area contributed by atoms with E-state index in [1.807, 2.05) is 0 Å². The Morgan fingerprint density at radius 3 is 2.68 bits per heavy atom. The summed E-state index contributed by atoms with van der Waals surface area (Å²) in [5.41, 5.74) is 0.895. The third-order valence-electron chi connectivity index (χ3n) is 3.56. The molecule has 19 heavy (non-hydrogen) atoms. The van der Waals surface area contributed by atoms with Gasteiger partial charge in [0.25, 0.3) is 0 Å². The number of piperidine rings is 1. The van der Waals surface area contributed by atoms with Crippen molar-refractivity contribution in [3.05, 3.63) is 35.6 Å². The largest absolute Gasteiger partial charge is 0.481 e. The Bertz CT molecular complexity index is 472. The van der Waals surface area contributed by atoms with E-state index in [1.54, 1.807) is 12.1 Å². The molecule has 1 heterocycles. The molecule has 5 heteroatoms. The fourth-order valence-corrected chi connectivity index (χ4v) is 2.54. The predicted molar refractivity (Wildman–Crippen MR) is 67.1 cm³/mol. The van der Waals surface area contributed by atoms with E-state index in [2.05, 4.69) is 5.32 Å². The molecule has 0 saturated carbocycles. The minimum Gasteiger partial charge on any atom is -0.481 e. The van der Waals surface area contributed by atoms with Crippen LogP contribution in [0, 0.1) is 11.7 Å². The molecular formula is C14H16FNO3. The number of halogens is 1. The number of hydrogen-bond acceptors (Lipinski definition) is 2. The third kappa shape index (κ3) is 3.53. The molecule has 1 amide bonds. The summed E-state index contributed by atoms with van der Waals surface area (Å²) in [6, 6.07) is 6.09. The van der Waals surface area contributed by atoms with Crippen molar-refractivity contribution < 1.29 is 19.1 Å². The Labute approximate surface area is 110 Å². The number of nitrogens with one attached hydrogen (secondary N) is 1. The number of carboxylic acid groups (broad SMARTS) is 1. The standard InChI is InChI=1S/C14H16FNO3/c15-11-4-1-9(2-5-11)12-7-13(17)16-8-10(12)3-6-14(18)19/h1-2,4-5,10,12H,3,6-8H2,(H,16,17)(H,18,19)/t10-,12+/m1/s1. The zero-order valence-corrected chi connectivity index (χ0v) is 10.4. The second-order valence-electron chi connectivity index (χ2n) is 4.86. The second-order valence-corrected chi connectivity index (χ2v) is 4.86. The topological polar surface area (TPSA) is 66.4 Å². The summed E-state index contributed by atoms with van der Waals surface area (Å²) in [6.45, 7) is 0.480. The third-order valence-corrected chi connectivity index (χ3v) is 3.56. The van der Waals surface area contributed by atoms with Crippen LogP contribution in [0.4, 0.5) is 4.39 Å². The quantitative estimate of drug-likeness (QED) is 0.874. The van der Waals surface area contributed by atoms with Crippen molar-refractivity contribution in [2.24, 2.45) is 5.92 Å². The van der Waals surface area contributed by atoms with Gasteiger partial charge in [-0.3, -0.25) is 9.59 Å². The molecular weight excluding hydrogens is 249 g/mol. The van der Waals surface area contributed by atoms with E-state index in [4.69, 9.17) is 5.11 Å². The fourth-order valence-electron chi connectivity index (χ4n) is 2.54. The van der Waals surface area contributed by atoms with Gasteiger partial charge in [0.05, 0.1) is 0 Å². The number of benzene rings is 1. The molecule has 102 valence electrons. The summed E-state index contributed by atoms with van der Waals surface area (Å²) >= 11 is 0. The Kier molecular flexibility index (Phi) is 4.14. The zero-order valence-electron chi connectivity index (χ0n) is 10.4. The zero-order chi connectivity index (χ0) is 13.8. The Morgan fingerprint density at radius 2 is 2.05 bits per heavy atom. The molecule has 0 unspecified atom stereocenters. The number of hydrogen-bond donors (Lipinski definition) is 2. The summed E-state index contributed by atoms with van der Waals surface area (Å²) in [4.78, 5) is 22.2. The van der Waals surface area contributed by atoms with Crippen LogP contribution in [-0.2, 0) is 9.59 Å². The van der Waals surface area contributed by atoms with Crippen LogP contribution in [0.25, 0.3) is 0 Å². The van der Waals surface area contributed by atoms with Crippen molar-refractivity contribution in [3.63, 3.8) is 0 Å². The first-order chi connectivity index (χ1) is 9.06. The highest BCUT2D eigenvalue weighted by atomic mass is 19.1. The first-order valence-corrected chi connectivity index (χ1v) is 6.30. The van der Waals surface area contributed by atoms with E-state index >= 15 is 0 Å². The Balaban J connectivity index is 2.13. The van der Waals surface area contributed by atoms with E-state index in [1.165, 1.54) is 12.1 Å². The lowest BCUT2D eigenvalue weighted by molar-refractivity contribution is -0.137. The van der Waals surface area contributed by atoms with Gasteiger partial charge in [-0.15, -0.1) is 0 Å². The maximum Gasteiger partial charge on any atom is 0.303 e. The number of carbonyl (C=O) groups is 2. The van der Waals surface area contributed by atoms with Gasteiger partial charge in [-0.2, -0.15) is 0 Å². The molecule has 1 fully saturated rings. The summed E-state index contributed by atoms with van der Waals surface area (Å²) < 4.78 is 12.9. The number of aliphatic carboxylic acids is 1. The van der Waals surface area contributed by atoms with Gasteiger partial charge < -0.3 is 10.4 Å². The molecule has 2 N–H and O–H groups in total. The van der Waals surface area contributed by atoms with Crippen LogP contribution in [0.15, 0.2) is 24.3 Å². The lowest BCUT2D eigenvalue weighted by Gasteiger charge is -2.31. The number of rotatable bonds is 4. The lowest BCUT2D eigenvalue weighted by Crippen LogP contribution is -2.39. The SMILES string of the molecule is O=C(O)CC[C@@H]1CNC(=O)C[C@H]1c1ccc(F)cc1. The first-order valence-electron chi connectivity index (χ1n) is 6.30. The fraction of sp³-hybridized carbons (Fsp3) is 0.429. The van der Waals surface area contributed by atoms with Gasteiger partial charge in [-0.25, -0.2) is 4.39 Å². The smallest absolute Gasteiger partial charge is 0.303 e. The molecule has 2 atom stereocenters. The van der Waals surface area contributed by atoms with Crippen molar-refractivity contribution in [2.45, 2.75) is 25.2 Å². The van der Waals surface area contributed by atoms with Gasteiger partial charge in [0, 0.05) is 19.4 Å². The van der Waals surface area contributed by atoms with Crippen LogP contribution in [0.1, 0.15) is 30.7 Å². The van der Waals surface area contributed by atoms with Gasteiger partial charge in [0.1, 0.15) is 5.82 Å². The van der Waals surface area contributed by atoms with Crippen molar-refractivity contribution in [1.82, 2.24) is 5.32 Å². The van der Waals surface area contributed by atoms with Gasteiger partial charge in [0.15, 0.2) is 0 Å². The summed E-state index contributed by atoms with van der Waals surface area (Å²) in [6.07, 6.45) is 0.922. The molecule has 0 spiro atoms. The number of carbonyl (C=O) groups excluding carboxylic acids is 1.